The Morgan fingerprint density at radius 3 is 2.74 bits per heavy atom. The molecule has 4 rings (SSSR count). The fourth-order valence-electron chi connectivity index (χ4n) is 3.44. The molecule has 3 aromatic heterocycles. The molecule has 0 aliphatic rings. The first-order valence-corrected chi connectivity index (χ1v) is 11.8. The number of thioether (sulfide) groups is 1. The lowest BCUT2D eigenvalue weighted by atomic mass is 10.1. The molecule has 0 saturated heterocycles. The van der Waals surface area contributed by atoms with Gasteiger partial charge in [-0.15, -0.1) is 10.2 Å². The van der Waals surface area contributed by atoms with E-state index in [1.54, 1.807) is 29.0 Å². The minimum Gasteiger partial charge on any atom is -0.495 e. The molecular formula is C23H23ClN6O3S. The van der Waals surface area contributed by atoms with Crippen molar-refractivity contribution in [2.45, 2.75) is 25.4 Å². The maximum absolute atomic E-state index is 13.0. The van der Waals surface area contributed by atoms with E-state index in [1.165, 1.54) is 23.3 Å². The van der Waals surface area contributed by atoms with Crippen molar-refractivity contribution in [1.82, 2.24) is 24.1 Å². The number of aromatic nitrogens is 5. The van der Waals surface area contributed by atoms with Crippen molar-refractivity contribution in [1.29, 1.82) is 0 Å². The van der Waals surface area contributed by atoms with Crippen LogP contribution in [0.1, 0.15) is 22.6 Å². The van der Waals surface area contributed by atoms with Gasteiger partial charge >= 0.3 is 0 Å². The maximum atomic E-state index is 13.0. The Morgan fingerprint density at radius 1 is 1.21 bits per heavy atom. The number of fused-ring (bicyclic) bond motifs is 1. The van der Waals surface area contributed by atoms with Crippen LogP contribution in [-0.4, -0.2) is 42.9 Å². The summed E-state index contributed by atoms with van der Waals surface area (Å²) in [6, 6.07) is 8.78. The monoisotopic (exact) mass is 498 g/mol. The quantitative estimate of drug-likeness (QED) is 0.389. The fourth-order valence-corrected chi connectivity index (χ4v) is 4.43. The van der Waals surface area contributed by atoms with Crippen LogP contribution in [0.2, 0.25) is 5.02 Å². The molecule has 9 nitrogen and oxygen atoms in total. The minimum atomic E-state index is -0.209. The molecule has 0 fully saturated rings. The average molecular weight is 499 g/mol. The molecule has 11 heteroatoms. The van der Waals surface area contributed by atoms with Gasteiger partial charge in [0, 0.05) is 36.6 Å². The third-order valence-electron chi connectivity index (χ3n) is 5.31. The highest BCUT2D eigenvalue weighted by Gasteiger charge is 2.17. The highest BCUT2D eigenvalue weighted by Crippen LogP contribution is 2.27. The number of hydrogen-bond acceptors (Lipinski definition) is 7. The van der Waals surface area contributed by atoms with Gasteiger partial charge in [-0.05, 0) is 49.7 Å². The average Bonchev–Trinajstić information content (AvgIpc) is 3.14. The van der Waals surface area contributed by atoms with Crippen LogP contribution in [0.25, 0.3) is 5.65 Å². The molecule has 4 aromatic rings. The summed E-state index contributed by atoms with van der Waals surface area (Å²) in [6.07, 6.45) is 2.02. The lowest BCUT2D eigenvalue weighted by molar-refractivity contribution is -0.113. The number of ether oxygens (including phenoxy) is 1. The first-order valence-electron chi connectivity index (χ1n) is 10.4. The molecule has 176 valence electrons. The molecule has 34 heavy (non-hydrogen) atoms. The molecular weight excluding hydrogens is 476 g/mol. The van der Waals surface area contributed by atoms with Crippen molar-refractivity contribution >= 4 is 40.6 Å². The largest absolute Gasteiger partial charge is 0.495 e. The van der Waals surface area contributed by atoms with Crippen molar-refractivity contribution in [2.24, 2.45) is 7.05 Å². The van der Waals surface area contributed by atoms with Crippen LogP contribution >= 0.6 is 23.4 Å². The predicted molar refractivity (Wildman–Crippen MR) is 132 cm³/mol. The van der Waals surface area contributed by atoms with E-state index in [-0.39, 0.29) is 23.6 Å². The Hall–Kier alpha value is -3.37. The second-order valence-electron chi connectivity index (χ2n) is 7.73. The minimum absolute atomic E-state index is 0.128. The Bertz CT molecular complexity index is 1450. The highest BCUT2D eigenvalue weighted by molar-refractivity contribution is 7.99. The standard InChI is InChI=1S/C23H23ClN6O3S/c1-13-7-8-30-19(9-13)25-14(2)16(22(30)32)11-20-27-28-23(29(20)3)34-12-21(31)26-15-5-6-18(33-4)17(24)10-15/h5-10H,11-12H2,1-4H3,(H,26,31). The number of carbonyl (C=O) groups is 1. The summed E-state index contributed by atoms with van der Waals surface area (Å²) in [5.74, 6) is 1.07. The van der Waals surface area contributed by atoms with Crippen molar-refractivity contribution < 1.29 is 9.53 Å². The van der Waals surface area contributed by atoms with Crippen molar-refractivity contribution in [3.8, 4) is 5.75 Å². The fraction of sp³-hybridized carbons (Fsp3) is 0.261. The summed E-state index contributed by atoms with van der Waals surface area (Å²) in [4.78, 5) is 30.0. The summed E-state index contributed by atoms with van der Waals surface area (Å²) in [6.45, 7) is 3.78. The van der Waals surface area contributed by atoms with Gasteiger partial charge in [-0.2, -0.15) is 0 Å². The van der Waals surface area contributed by atoms with Gasteiger partial charge in [0.15, 0.2) is 5.16 Å². The lowest BCUT2D eigenvalue weighted by Gasteiger charge is -2.09. The Kier molecular flexibility index (Phi) is 6.90. The molecule has 0 atom stereocenters. The van der Waals surface area contributed by atoms with E-state index in [0.717, 1.165) is 5.56 Å². The zero-order chi connectivity index (χ0) is 24.4. The number of aryl methyl sites for hydroxylation is 2. The summed E-state index contributed by atoms with van der Waals surface area (Å²) >= 11 is 7.36. The molecule has 0 bridgehead atoms. The molecule has 0 aliphatic carbocycles. The van der Waals surface area contributed by atoms with Gasteiger partial charge in [-0.1, -0.05) is 23.4 Å². The second kappa shape index (κ2) is 9.86. The normalized spacial score (nSPS) is 11.1. The Balaban J connectivity index is 1.45. The van der Waals surface area contributed by atoms with Crippen molar-refractivity contribution in [3.05, 3.63) is 74.6 Å². The van der Waals surface area contributed by atoms with Gasteiger partial charge in [0.1, 0.15) is 17.2 Å². The number of halogens is 1. The van der Waals surface area contributed by atoms with Crippen LogP contribution in [0.5, 0.6) is 5.75 Å². The molecule has 0 spiro atoms. The predicted octanol–water partition coefficient (Wildman–Crippen LogP) is 3.42. The molecule has 1 aromatic carbocycles. The van der Waals surface area contributed by atoms with E-state index in [1.807, 2.05) is 33.0 Å². The van der Waals surface area contributed by atoms with Gasteiger partial charge in [0.25, 0.3) is 5.56 Å². The smallest absolute Gasteiger partial charge is 0.261 e. The number of hydrogen-bond donors (Lipinski definition) is 1. The van der Waals surface area contributed by atoms with Crippen molar-refractivity contribution in [3.63, 3.8) is 0 Å². The van der Waals surface area contributed by atoms with E-state index in [0.29, 0.717) is 44.3 Å². The van der Waals surface area contributed by atoms with E-state index >= 15 is 0 Å². The molecule has 0 unspecified atom stereocenters. The van der Waals surface area contributed by atoms with Gasteiger partial charge in [0.2, 0.25) is 5.91 Å². The zero-order valence-corrected chi connectivity index (χ0v) is 20.7. The summed E-state index contributed by atoms with van der Waals surface area (Å²) in [5.41, 5.74) is 3.31. The lowest BCUT2D eigenvalue weighted by Crippen LogP contribution is -2.22. The molecule has 1 amide bonds. The number of amides is 1. The van der Waals surface area contributed by atoms with Crippen LogP contribution in [-0.2, 0) is 18.3 Å². The number of rotatable bonds is 7. The summed E-state index contributed by atoms with van der Waals surface area (Å²) in [7, 11) is 3.34. The molecule has 0 radical (unpaired) electrons. The molecule has 0 aliphatic heterocycles. The Labute approximate surface area is 205 Å². The van der Waals surface area contributed by atoms with Crippen LogP contribution in [0, 0.1) is 13.8 Å². The van der Waals surface area contributed by atoms with Crippen LogP contribution in [0.3, 0.4) is 0 Å². The van der Waals surface area contributed by atoms with Gasteiger partial charge in [0.05, 0.1) is 17.9 Å². The van der Waals surface area contributed by atoms with Crippen LogP contribution in [0.15, 0.2) is 46.5 Å². The number of anilines is 1. The zero-order valence-electron chi connectivity index (χ0n) is 19.1. The number of benzene rings is 1. The van der Waals surface area contributed by atoms with Gasteiger partial charge in [-0.25, -0.2) is 4.98 Å². The second-order valence-corrected chi connectivity index (χ2v) is 9.08. The maximum Gasteiger partial charge on any atom is 0.261 e. The number of pyridine rings is 1. The third kappa shape index (κ3) is 4.92. The third-order valence-corrected chi connectivity index (χ3v) is 6.63. The molecule has 0 saturated carbocycles. The number of carbonyl (C=O) groups excluding carboxylic acids is 1. The summed E-state index contributed by atoms with van der Waals surface area (Å²) < 4.78 is 8.44. The van der Waals surface area contributed by atoms with E-state index in [9.17, 15) is 9.59 Å². The number of nitrogens with zero attached hydrogens (tertiary/aromatic N) is 5. The van der Waals surface area contributed by atoms with E-state index < -0.39 is 0 Å². The summed E-state index contributed by atoms with van der Waals surface area (Å²) in [5, 5.41) is 12.2. The molecule has 3 heterocycles. The van der Waals surface area contributed by atoms with E-state index in [4.69, 9.17) is 16.3 Å². The number of methoxy groups -OCH3 is 1. The Morgan fingerprint density at radius 2 is 2.00 bits per heavy atom. The highest BCUT2D eigenvalue weighted by atomic mass is 35.5. The van der Waals surface area contributed by atoms with Gasteiger partial charge < -0.3 is 14.6 Å². The van der Waals surface area contributed by atoms with Crippen molar-refractivity contribution in [2.75, 3.05) is 18.2 Å². The SMILES string of the molecule is COc1ccc(NC(=O)CSc2nnc(Cc3c(C)nc4cc(C)ccn4c3=O)n2C)cc1Cl. The molecule has 1 N–H and O–H groups in total. The first-order chi connectivity index (χ1) is 16.3. The van der Waals surface area contributed by atoms with Gasteiger partial charge in [-0.3, -0.25) is 14.0 Å². The van der Waals surface area contributed by atoms with Crippen LogP contribution < -0.4 is 15.6 Å². The van der Waals surface area contributed by atoms with E-state index in [2.05, 4.69) is 20.5 Å². The van der Waals surface area contributed by atoms with Crippen LogP contribution in [0.4, 0.5) is 5.69 Å². The first kappa shape index (κ1) is 23.8. The topological polar surface area (TPSA) is 103 Å². The number of nitrogens with one attached hydrogen (secondary N) is 1.